The van der Waals surface area contributed by atoms with Crippen molar-refractivity contribution in [3.63, 3.8) is 0 Å². The number of fused-ring (bicyclic) bond motifs is 1. The molecule has 0 bridgehead atoms. The number of hydrogen-bond acceptors (Lipinski definition) is 3. The Hall–Kier alpha value is -2.90. The second-order valence-corrected chi connectivity index (χ2v) is 10.3. The normalized spacial score (nSPS) is 13.0. The first-order valence-corrected chi connectivity index (χ1v) is 11.9. The monoisotopic (exact) mass is 439 g/mol. The van der Waals surface area contributed by atoms with Crippen LogP contribution in [0.4, 0.5) is 4.79 Å². The summed E-state index contributed by atoms with van der Waals surface area (Å²) in [4.78, 5) is 12.7. The Morgan fingerprint density at radius 1 is 0.903 bits per heavy atom. The third-order valence-corrected chi connectivity index (χ3v) is 6.33. The predicted molar refractivity (Wildman–Crippen MR) is 125 cm³/mol. The zero-order chi connectivity index (χ0) is 22.5. The van der Waals surface area contributed by atoms with Crippen LogP contribution >= 0.6 is 0 Å². The average Bonchev–Trinajstić information content (AvgIpc) is 2.70. The highest BCUT2D eigenvalue weighted by Gasteiger charge is 2.21. The fourth-order valence-corrected chi connectivity index (χ4v) is 4.89. The van der Waals surface area contributed by atoms with E-state index in [-0.39, 0.29) is 18.3 Å². The molecule has 6 nitrogen and oxygen atoms in total. The molecule has 0 aliphatic carbocycles. The zero-order valence-corrected chi connectivity index (χ0v) is 18.9. The second-order valence-electron chi connectivity index (χ2n) is 8.48. The summed E-state index contributed by atoms with van der Waals surface area (Å²) in [5.41, 5.74) is 1.35. The van der Waals surface area contributed by atoms with E-state index < -0.39 is 21.6 Å². The molecule has 3 N–H and O–H groups in total. The van der Waals surface area contributed by atoms with Crippen LogP contribution in [0.3, 0.4) is 0 Å². The second kappa shape index (κ2) is 9.49. The van der Waals surface area contributed by atoms with E-state index in [4.69, 9.17) is 0 Å². The summed E-state index contributed by atoms with van der Waals surface area (Å²) in [6.45, 7) is 5.34. The Balaban J connectivity index is 1.77. The molecule has 1 unspecified atom stereocenters. The maximum atomic E-state index is 12.7. The van der Waals surface area contributed by atoms with Crippen LogP contribution in [-0.4, -0.2) is 32.3 Å². The third kappa shape index (κ3) is 6.54. The quantitative estimate of drug-likeness (QED) is 0.521. The number of carbonyl (C=O) groups excluding carboxylic acids is 1. The first-order chi connectivity index (χ1) is 14.6. The molecule has 3 rings (SSSR count). The molecule has 0 fully saturated rings. The molecular formula is C24H29N3O3S. The topological polar surface area (TPSA) is 87.3 Å². The van der Waals surface area contributed by atoms with Crippen LogP contribution in [0.1, 0.15) is 37.9 Å². The molecule has 31 heavy (non-hydrogen) atoms. The number of sulfonamides is 1. The first kappa shape index (κ1) is 22.8. The van der Waals surface area contributed by atoms with Crippen LogP contribution in [0.5, 0.6) is 0 Å². The Morgan fingerprint density at radius 3 is 2.26 bits per heavy atom. The highest BCUT2D eigenvalue weighted by atomic mass is 32.2. The minimum Gasteiger partial charge on any atom is -0.337 e. The number of carbonyl (C=O) groups is 1. The largest absolute Gasteiger partial charge is 0.337 e. The van der Waals surface area contributed by atoms with Gasteiger partial charge in [0.2, 0.25) is 10.0 Å². The van der Waals surface area contributed by atoms with Gasteiger partial charge in [0, 0.05) is 12.1 Å². The minimum atomic E-state index is -3.49. The number of benzene rings is 3. The Kier molecular flexibility index (Phi) is 6.97. The SMILES string of the molecule is CC(C)(C)NS(=O)(=O)CCNC(=O)NC(c1ccccc1)c1cccc2ccccc12. The number of nitrogens with one attached hydrogen (secondary N) is 3. The summed E-state index contributed by atoms with van der Waals surface area (Å²) in [5.74, 6) is -0.192. The molecule has 0 aliphatic heterocycles. The Bertz CT molecular complexity index is 1130. The van der Waals surface area contributed by atoms with Crippen molar-refractivity contribution in [2.75, 3.05) is 12.3 Å². The molecule has 0 saturated heterocycles. The van der Waals surface area contributed by atoms with Gasteiger partial charge in [-0.05, 0) is 42.7 Å². The molecule has 0 saturated carbocycles. The van der Waals surface area contributed by atoms with Crippen LogP contribution in [0, 0.1) is 0 Å². The van der Waals surface area contributed by atoms with Gasteiger partial charge in [-0.1, -0.05) is 72.8 Å². The lowest BCUT2D eigenvalue weighted by molar-refractivity contribution is 0.239. The molecule has 0 radical (unpaired) electrons. The molecule has 1 atom stereocenters. The van der Waals surface area contributed by atoms with Crippen LogP contribution in [-0.2, 0) is 10.0 Å². The number of hydrogen-bond donors (Lipinski definition) is 3. The van der Waals surface area contributed by atoms with E-state index >= 15 is 0 Å². The van der Waals surface area contributed by atoms with Crippen molar-refractivity contribution < 1.29 is 13.2 Å². The summed E-state index contributed by atoms with van der Waals surface area (Å²) >= 11 is 0. The van der Waals surface area contributed by atoms with Gasteiger partial charge in [-0.3, -0.25) is 0 Å². The van der Waals surface area contributed by atoms with Crippen LogP contribution in [0.2, 0.25) is 0 Å². The Labute approximate surface area is 184 Å². The number of urea groups is 1. The molecule has 3 aromatic rings. The van der Waals surface area contributed by atoms with E-state index in [1.807, 2.05) is 72.8 Å². The summed E-state index contributed by atoms with van der Waals surface area (Å²) in [7, 11) is -3.49. The summed E-state index contributed by atoms with van der Waals surface area (Å²) in [6.07, 6.45) is 0. The van der Waals surface area contributed by atoms with Crippen LogP contribution in [0.15, 0.2) is 72.8 Å². The maximum Gasteiger partial charge on any atom is 0.315 e. The van der Waals surface area contributed by atoms with Crippen LogP contribution < -0.4 is 15.4 Å². The molecule has 0 heterocycles. The van der Waals surface area contributed by atoms with Crippen molar-refractivity contribution >= 4 is 26.8 Å². The van der Waals surface area contributed by atoms with Gasteiger partial charge in [-0.2, -0.15) is 0 Å². The van der Waals surface area contributed by atoms with Crippen LogP contribution in [0.25, 0.3) is 10.8 Å². The molecule has 2 amide bonds. The van der Waals surface area contributed by atoms with Gasteiger partial charge in [0.05, 0.1) is 11.8 Å². The molecular weight excluding hydrogens is 410 g/mol. The first-order valence-electron chi connectivity index (χ1n) is 10.2. The number of rotatable bonds is 7. The highest BCUT2D eigenvalue weighted by Crippen LogP contribution is 2.29. The summed E-state index contributed by atoms with van der Waals surface area (Å²) in [5, 5.41) is 7.82. The smallest absolute Gasteiger partial charge is 0.315 e. The van der Waals surface area contributed by atoms with Crippen molar-refractivity contribution in [1.29, 1.82) is 0 Å². The molecule has 0 aliphatic rings. The number of amides is 2. The van der Waals surface area contributed by atoms with Gasteiger partial charge in [-0.15, -0.1) is 0 Å². The Morgan fingerprint density at radius 2 is 1.55 bits per heavy atom. The fraction of sp³-hybridized carbons (Fsp3) is 0.292. The average molecular weight is 440 g/mol. The van der Waals surface area contributed by atoms with E-state index in [1.54, 1.807) is 20.8 Å². The van der Waals surface area contributed by atoms with Crippen molar-refractivity contribution in [3.05, 3.63) is 83.9 Å². The standard InChI is InChI=1S/C24H29N3O3S/c1-24(2,3)27-31(29,30)17-16-25-23(28)26-22(19-11-5-4-6-12-19)21-15-9-13-18-10-7-8-14-20(18)21/h4-15,22,27H,16-17H2,1-3H3,(H2,25,26,28). The van der Waals surface area contributed by atoms with Crippen molar-refractivity contribution in [3.8, 4) is 0 Å². The minimum absolute atomic E-state index is 0.00823. The molecule has 7 heteroatoms. The van der Waals surface area contributed by atoms with E-state index in [0.29, 0.717) is 0 Å². The third-order valence-electron chi connectivity index (χ3n) is 4.66. The lowest BCUT2D eigenvalue weighted by Gasteiger charge is -2.22. The molecule has 0 aromatic heterocycles. The summed E-state index contributed by atoms with van der Waals surface area (Å²) < 4.78 is 26.9. The van der Waals surface area contributed by atoms with E-state index in [2.05, 4.69) is 15.4 Å². The van der Waals surface area contributed by atoms with Crippen molar-refractivity contribution in [2.45, 2.75) is 32.4 Å². The van der Waals surface area contributed by atoms with Gasteiger partial charge < -0.3 is 10.6 Å². The van der Waals surface area contributed by atoms with Crippen molar-refractivity contribution in [2.24, 2.45) is 0 Å². The summed E-state index contributed by atoms with van der Waals surface area (Å²) in [6, 6.07) is 22.9. The molecule has 164 valence electrons. The van der Waals surface area contributed by atoms with Crippen molar-refractivity contribution in [1.82, 2.24) is 15.4 Å². The lowest BCUT2D eigenvalue weighted by Crippen LogP contribution is -2.45. The lowest BCUT2D eigenvalue weighted by atomic mass is 9.94. The molecule has 0 spiro atoms. The maximum absolute atomic E-state index is 12.7. The van der Waals surface area contributed by atoms with Gasteiger partial charge in [0.1, 0.15) is 0 Å². The molecule has 3 aromatic carbocycles. The van der Waals surface area contributed by atoms with E-state index in [1.165, 1.54) is 0 Å². The van der Waals surface area contributed by atoms with Gasteiger partial charge in [0.15, 0.2) is 0 Å². The predicted octanol–water partition coefficient (Wildman–Crippen LogP) is 3.95. The van der Waals surface area contributed by atoms with Gasteiger partial charge in [0.25, 0.3) is 0 Å². The van der Waals surface area contributed by atoms with Gasteiger partial charge in [-0.25, -0.2) is 17.9 Å². The van der Waals surface area contributed by atoms with E-state index in [9.17, 15) is 13.2 Å². The van der Waals surface area contributed by atoms with E-state index in [0.717, 1.165) is 21.9 Å². The fourth-order valence-electron chi connectivity index (χ4n) is 3.49. The highest BCUT2D eigenvalue weighted by molar-refractivity contribution is 7.89. The van der Waals surface area contributed by atoms with Gasteiger partial charge >= 0.3 is 6.03 Å². The zero-order valence-electron chi connectivity index (χ0n) is 18.1.